The van der Waals surface area contributed by atoms with Crippen LogP contribution >= 0.6 is 11.8 Å². The Balaban J connectivity index is 1.60. The monoisotopic (exact) mass is 369 g/mol. The summed E-state index contributed by atoms with van der Waals surface area (Å²) in [4.78, 5) is 25.1. The summed E-state index contributed by atoms with van der Waals surface area (Å²) in [5.41, 5.74) is 1.96. The van der Waals surface area contributed by atoms with Crippen LogP contribution < -0.4 is 16.0 Å². The second-order valence-electron chi connectivity index (χ2n) is 6.16. The molecule has 136 valence electrons. The fraction of sp³-hybridized carbons (Fsp3) is 0.300. The third-order valence-corrected chi connectivity index (χ3v) is 5.40. The van der Waals surface area contributed by atoms with E-state index >= 15 is 0 Å². The summed E-state index contributed by atoms with van der Waals surface area (Å²) >= 11 is 1.66. The van der Waals surface area contributed by atoms with E-state index in [1.165, 1.54) is 0 Å². The molecule has 2 amide bonds. The highest BCUT2D eigenvalue weighted by Gasteiger charge is 2.32. The average Bonchev–Trinajstić information content (AvgIpc) is 3.20. The Morgan fingerprint density at radius 2 is 1.69 bits per heavy atom. The molecule has 0 saturated carbocycles. The van der Waals surface area contributed by atoms with E-state index in [4.69, 9.17) is 0 Å². The minimum absolute atomic E-state index is 0.106. The Morgan fingerprint density at radius 1 is 1.04 bits per heavy atom. The molecular weight excluding hydrogens is 346 g/mol. The standard InChI is InChI=1S/C20H23N3O2S/c24-17(13-15-7-3-1-4-8-15)23-18(20-21-11-12-26-20)19(25)22-14-16-9-5-2-6-10-16/h1-10,18,20-21H,11-14H2,(H,22,25)(H,23,24). The van der Waals surface area contributed by atoms with Crippen LogP contribution in [-0.4, -0.2) is 35.5 Å². The van der Waals surface area contributed by atoms with E-state index in [2.05, 4.69) is 16.0 Å². The maximum atomic E-state index is 12.7. The molecule has 1 fully saturated rings. The minimum atomic E-state index is -0.595. The van der Waals surface area contributed by atoms with Crippen molar-refractivity contribution in [3.05, 3.63) is 71.8 Å². The fourth-order valence-corrected chi connectivity index (χ4v) is 3.95. The minimum Gasteiger partial charge on any atom is -0.350 e. The molecule has 1 aliphatic rings. The van der Waals surface area contributed by atoms with Gasteiger partial charge in [-0.25, -0.2) is 0 Å². The highest BCUT2D eigenvalue weighted by molar-refractivity contribution is 8.00. The van der Waals surface area contributed by atoms with Gasteiger partial charge in [-0.3, -0.25) is 9.59 Å². The zero-order chi connectivity index (χ0) is 18.2. The first-order valence-electron chi connectivity index (χ1n) is 8.72. The van der Waals surface area contributed by atoms with Gasteiger partial charge in [0.15, 0.2) is 0 Å². The molecule has 1 saturated heterocycles. The van der Waals surface area contributed by atoms with Crippen molar-refractivity contribution in [3.8, 4) is 0 Å². The third kappa shape index (κ3) is 5.34. The molecule has 1 aliphatic heterocycles. The van der Waals surface area contributed by atoms with Gasteiger partial charge in [0.25, 0.3) is 0 Å². The molecule has 6 heteroatoms. The molecule has 2 atom stereocenters. The van der Waals surface area contributed by atoms with Crippen molar-refractivity contribution < 1.29 is 9.59 Å². The Hall–Kier alpha value is -2.31. The molecule has 3 rings (SSSR count). The average molecular weight is 369 g/mol. The maximum absolute atomic E-state index is 12.7. The lowest BCUT2D eigenvalue weighted by Crippen LogP contribution is -2.55. The number of hydrogen-bond donors (Lipinski definition) is 3. The normalized spacial score (nSPS) is 17.5. The quantitative estimate of drug-likeness (QED) is 0.695. The fourth-order valence-electron chi connectivity index (χ4n) is 2.84. The molecule has 2 unspecified atom stereocenters. The van der Waals surface area contributed by atoms with E-state index < -0.39 is 6.04 Å². The smallest absolute Gasteiger partial charge is 0.245 e. The molecule has 2 aromatic rings. The molecule has 0 aromatic heterocycles. The van der Waals surface area contributed by atoms with E-state index in [9.17, 15) is 9.59 Å². The molecule has 0 spiro atoms. The van der Waals surface area contributed by atoms with Crippen molar-refractivity contribution in [1.29, 1.82) is 0 Å². The van der Waals surface area contributed by atoms with Gasteiger partial charge in [0.2, 0.25) is 11.8 Å². The van der Waals surface area contributed by atoms with Crippen molar-refractivity contribution >= 4 is 23.6 Å². The highest BCUT2D eigenvalue weighted by Crippen LogP contribution is 2.18. The van der Waals surface area contributed by atoms with Gasteiger partial charge in [0, 0.05) is 18.8 Å². The van der Waals surface area contributed by atoms with Gasteiger partial charge >= 0.3 is 0 Å². The summed E-state index contributed by atoms with van der Waals surface area (Å²) in [5.74, 6) is 0.620. The zero-order valence-electron chi connectivity index (χ0n) is 14.5. The van der Waals surface area contributed by atoms with Crippen LogP contribution in [0.25, 0.3) is 0 Å². The van der Waals surface area contributed by atoms with Gasteiger partial charge in [-0.2, -0.15) is 0 Å². The van der Waals surface area contributed by atoms with E-state index in [1.54, 1.807) is 11.8 Å². The molecule has 3 N–H and O–H groups in total. The Labute approximate surface area is 157 Å². The van der Waals surface area contributed by atoms with Crippen LogP contribution in [0.4, 0.5) is 0 Å². The predicted octanol–water partition coefficient (Wildman–Crippen LogP) is 1.69. The number of amides is 2. The predicted molar refractivity (Wildman–Crippen MR) is 105 cm³/mol. The van der Waals surface area contributed by atoms with Crippen LogP contribution in [0.1, 0.15) is 11.1 Å². The largest absolute Gasteiger partial charge is 0.350 e. The maximum Gasteiger partial charge on any atom is 0.245 e. The molecule has 0 radical (unpaired) electrons. The lowest BCUT2D eigenvalue weighted by Gasteiger charge is -2.23. The lowest BCUT2D eigenvalue weighted by molar-refractivity contribution is -0.128. The molecule has 0 aliphatic carbocycles. The van der Waals surface area contributed by atoms with Crippen LogP contribution in [-0.2, 0) is 22.6 Å². The van der Waals surface area contributed by atoms with Gasteiger partial charge in [-0.15, -0.1) is 11.8 Å². The Kier molecular flexibility index (Phi) is 6.68. The van der Waals surface area contributed by atoms with Gasteiger partial charge < -0.3 is 16.0 Å². The van der Waals surface area contributed by atoms with Crippen LogP contribution in [0.15, 0.2) is 60.7 Å². The van der Waals surface area contributed by atoms with Crippen LogP contribution in [0.5, 0.6) is 0 Å². The van der Waals surface area contributed by atoms with Gasteiger partial charge in [-0.1, -0.05) is 60.7 Å². The van der Waals surface area contributed by atoms with E-state index in [0.29, 0.717) is 6.54 Å². The number of thioether (sulfide) groups is 1. The van der Waals surface area contributed by atoms with E-state index in [-0.39, 0.29) is 23.6 Å². The SMILES string of the molecule is O=C(Cc1ccccc1)NC(C(=O)NCc1ccccc1)C1NCCS1. The first kappa shape index (κ1) is 18.5. The number of hydrogen-bond acceptors (Lipinski definition) is 4. The van der Waals surface area contributed by atoms with Crippen molar-refractivity contribution in [1.82, 2.24) is 16.0 Å². The van der Waals surface area contributed by atoms with Crippen molar-refractivity contribution in [3.63, 3.8) is 0 Å². The van der Waals surface area contributed by atoms with Crippen molar-refractivity contribution in [2.75, 3.05) is 12.3 Å². The highest BCUT2D eigenvalue weighted by atomic mass is 32.2. The van der Waals surface area contributed by atoms with E-state index in [0.717, 1.165) is 23.4 Å². The summed E-state index contributed by atoms with van der Waals surface area (Å²) < 4.78 is 0. The van der Waals surface area contributed by atoms with Gasteiger partial charge in [0.05, 0.1) is 11.8 Å². The molecular formula is C20H23N3O2S. The second kappa shape index (κ2) is 9.40. The van der Waals surface area contributed by atoms with E-state index in [1.807, 2.05) is 60.7 Å². The molecule has 1 heterocycles. The zero-order valence-corrected chi connectivity index (χ0v) is 15.3. The summed E-state index contributed by atoms with van der Waals surface area (Å²) in [6, 6.07) is 18.7. The van der Waals surface area contributed by atoms with Crippen LogP contribution in [0.3, 0.4) is 0 Å². The number of rotatable bonds is 7. The lowest BCUT2D eigenvalue weighted by atomic mass is 10.1. The molecule has 26 heavy (non-hydrogen) atoms. The topological polar surface area (TPSA) is 70.2 Å². The Bertz CT molecular complexity index is 718. The van der Waals surface area contributed by atoms with Crippen LogP contribution in [0.2, 0.25) is 0 Å². The number of carbonyl (C=O) groups excluding carboxylic acids is 2. The summed E-state index contributed by atoms with van der Waals surface area (Å²) in [6.45, 7) is 1.29. The number of nitrogens with one attached hydrogen (secondary N) is 3. The van der Waals surface area contributed by atoms with Crippen molar-refractivity contribution in [2.45, 2.75) is 24.4 Å². The van der Waals surface area contributed by atoms with Crippen LogP contribution in [0, 0.1) is 0 Å². The first-order chi connectivity index (χ1) is 12.7. The molecule has 0 bridgehead atoms. The van der Waals surface area contributed by atoms with Gasteiger partial charge in [-0.05, 0) is 11.1 Å². The van der Waals surface area contributed by atoms with Crippen molar-refractivity contribution in [2.24, 2.45) is 0 Å². The first-order valence-corrected chi connectivity index (χ1v) is 9.77. The second-order valence-corrected chi connectivity index (χ2v) is 7.41. The number of carbonyl (C=O) groups is 2. The summed E-state index contributed by atoms with van der Waals surface area (Å²) in [5, 5.41) is 9.03. The summed E-state index contributed by atoms with van der Waals surface area (Å²) in [7, 11) is 0. The Morgan fingerprint density at radius 3 is 2.31 bits per heavy atom. The van der Waals surface area contributed by atoms with Gasteiger partial charge in [0.1, 0.15) is 6.04 Å². The summed E-state index contributed by atoms with van der Waals surface area (Å²) in [6.07, 6.45) is 0.265. The molecule has 2 aromatic carbocycles. The number of benzene rings is 2. The molecule has 5 nitrogen and oxygen atoms in total. The third-order valence-electron chi connectivity index (χ3n) is 4.16.